The van der Waals surface area contributed by atoms with Gasteiger partial charge in [-0.05, 0) is 36.6 Å². The number of benzene rings is 2. The Labute approximate surface area is 180 Å². The Morgan fingerprint density at radius 3 is 2.67 bits per heavy atom. The molecule has 1 N–H and O–H groups in total. The molecule has 0 radical (unpaired) electrons. The van der Waals surface area contributed by atoms with Gasteiger partial charge in [0, 0.05) is 22.2 Å². The largest absolute Gasteiger partial charge is 0.358 e. The molecule has 0 saturated carbocycles. The summed E-state index contributed by atoms with van der Waals surface area (Å²) in [5.74, 6) is 0.203. The molecule has 3 heterocycles. The van der Waals surface area contributed by atoms with E-state index in [0.29, 0.717) is 20.9 Å². The Morgan fingerprint density at radius 2 is 1.83 bits per heavy atom. The van der Waals surface area contributed by atoms with Crippen molar-refractivity contribution < 1.29 is 4.79 Å². The first-order chi connectivity index (χ1) is 14.6. The van der Waals surface area contributed by atoms with Crippen LogP contribution in [0.4, 0.5) is 0 Å². The molecule has 7 heteroatoms. The van der Waals surface area contributed by atoms with Crippen molar-refractivity contribution >= 4 is 50.0 Å². The SMILES string of the molecule is Cc1[nH]c2ccccc2c1C(=O)CSc1nc2sccc2c(=O)n1-c1ccccc1. The van der Waals surface area contributed by atoms with Crippen molar-refractivity contribution in [3.8, 4) is 5.69 Å². The van der Waals surface area contributed by atoms with Crippen LogP contribution in [-0.4, -0.2) is 26.1 Å². The van der Waals surface area contributed by atoms with Crippen molar-refractivity contribution in [1.29, 1.82) is 0 Å². The summed E-state index contributed by atoms with van der Waals surface area (Å²) in [6.07, 6.45) is 0. The lowest BCUT2D eigenvalue weighted by molar-refractivity contribution is 0.102. The highest BCUT2D eigenvalue weighted by atomic mass is 32.2. The van der Waals surface area contributed by atoms with Crippen molar-refractivity contribution in [3.05, 3.63) is 87.7 Å². The third-order valence-electron chi connectivity index (χ3n) is 4.99. The monoisotopic (exact) mass is 431 g/mol. The number of thioether (sulfide) groups is 1. The number of nitrogens with one attached hydrogen (secondary N) is 1. The van der Waals surface area contributed by atoms with E-state index in [2.05, 4.69) is 4.98 Å². The van der Waals surface area contributed by atoms with Gasteiger partial charge in [-0.15, -0.1) is 11.3 Å². The first kappa shape index (κ1) is 18.8. The van der Waals surface area contributed by atoms with E-state index < -0.39 is 0 Å². The highest BCUT2D eigenvalue weighted by molar-refractivity contribution is 7.99. The Balaban J connectivity index is 1.55. The number of para-hydroxylation sites is 2. The van der Waals surface area contributed by atoms with Gasteiger partial charge in [-0.2, -0.15) is 0 Å². The number of carbonyl (C=O) groups excluding carboxylic acids is 1. The summed E-state index contributed by atoms with van der Waals surface area (Å²) in [5.41, 5.74) is 3.11. The normalized spacial score (nSPS) is 11.4. The van der Waals surface area contributed by atoms with E-state index in [4.69, 9.17) is 4.98 Å². The second kappa shape index (κ2) is 7.59. The van der Waals surface area contributed by atoms with Gasteiger partial charge < -0.3 is 4.98 Å². The molecule has 30 heavy (non-hydrogen) atoms. The highest BCUT2D eigenvalue weighted by Gasteiger charge is 2.19. The number of Topliss-reactive ketones (excluding diaryl/α,β-unsaturated/α-hetero) is 1. The molecule has 0 saturated heterocycles. The van der Waals surface area contributed by atoms with E-state index in [9.17, 15) is 9.59 Å². The van der Waals surface area contributed by atoms with E-state index in [1.165, 1.54) is 23.1 Å². The third-order valence-corrected chi connectivity index (χ3v) is 6.73. The smallest absolute Gasteiger partial charge is 0.267 e. The fourth-order valence-corrected chi connectivity index (χ4v) is 5.32. The highest BCUT2D eigenvalue weighted by Crippen LogP contribution is 2.27. The van der Waals surface area contributed by atoms with Crippen LogP contribution >= 0.6 is 23.1 Å². The molecule has 148 valence electrons. The van der Waals surface area contributed by atoms with Crippen molar-refractivity contribution in [3.63, 3.8) is 0 Å². The van der Waals surface area contributed by atoms with Crippen LogP contribution in [0.25, 0.3) is 26.8 Å². The van der Waals surface area contributed by atoms with Crippen LogP contribution in [0.3, 0.4) is 0 Å². The van der Waals surface area contributed by atoms with Crippen LogP contribution in [0.5, 0.6) is 0 Å². The average molecular weight is 432 g/mol. The maximum atomic E-state index is 13.1. The molecule has 0 aliphatic carbocycles. The van der Waals surface area contributed by atoms with Gasteiger partial charge >= 0.3 is 0 Å². The Morgan fingerprint density at radius 1 is 1.07 bits per heavy atom. The molecule has 5 aromatic rings. The third kappa shape index (κ3) is 3.16. The number of thiophene rings is 1. The van der Waals surface area contributed by atoms with E-state index >= 15 is 0 Å². The van der Waals surface area contributed by atoms with Crippen LogP contribution in [0.15, 0.2) is 76.0 Å². The molecule has 0 aliphatic rings. The minimum Gasteiger partial charge on any atom is -0.358 e. The standard InChI is InChI=1S/C23H17N3O2S2/c1-14-20(16-9-5-6-10-18(16)24-14)19(27)13-30-23-25-21-17(11-12-29-21)22(28)26(23)15-7-3-2-4-8-15/h2-12,24H,13H2,1H3. The summed E-state index contributed by atoms with van der Waals surface area (Å²) in [7, 11) is 0. The zero-order chi connectivity index (χ0) is 20.7. The fraction of sp³-hybridized carbons (Fsp3) is 0.0870. The van der Waals surface area contributed by atoms with Crippen molar-refractivity contribution in [2.24, 2.45) is 0 Å². The molecular weight excluding hydrogens is 414 g/mol. The first-order valence-electron chi connectivity index (χ1n) is 9.42. The number of hydrogen-bond acceptors (Lipinski definition) is 5. The molecule has 0 spiro atoms. The summed E-state index contributed by atoms with van der Waals surface area (Å²) in [4.78, 5) is 34.9. The van der Waals surface area contributed by atoms with Gasteiger partial charge in [0.25, 0.3) is 5.56 Å². The summed E-state index contributed by atoms with van der Waals surface area (Å²) in [6, 6.07) is 19.0. The topological polar surface area (TPSA) is 67.8 Å². The first-order valence-corrected chi connectivity index (χ1v) is 11.3. The van der Waals surface area contributed by atoms with E-state index in [1.807, 2.05) is 66.9 Å². The molecular formula is C23H17N3O2S2. The second-order valence-electron chi connectivity index (χ2n) is 6.89. The van der Waals surface area contributed by atoms with Crippen LogP contribution < -0.4 is 5.56 Å². The van der Waals surface area contributed by atoms with E-state index in [0.717, 1.165) is 22.3 Å². The van der Waals surface area contributed by atoms with Gasteiger partial charge in [0.2, 0.25) is 0 Å². The molecule has 5 nitrogen and oxygen atoms in total. The number of carbonyl (C=O) groups is 1. The molecule has 0 atom stereocenters. The van der Waals surface area contributed by atoms with Gasteiger partial charge in [-0.3, -0.25) is 14.2 Å². The number of H-pyrrole nitrogens is 1. The van der Waals surface area contributed by atoms with Crippen molar-refractivity contribution in [2.75, 3.05) is 5.75 Å². The van der Waals surface area contributed by atoms with Crippen molar-refractivity contribution in [2.45, 2.75) is 12.1 Å². The van der Waals surface area contributed by atoms with Gasteiger partial charge in [-0.1, -0.05) is 48.2 Å². The molecule has 5 rings (SSSR count). The molecule has 0 fully saturated rings. The van der Waals surface area contributed by atoms with Crippen LogP contribution in [0.2, 0.25) is 0 Å². The zero-order valence-electron chi connectivity index (χ0n) is 16.1. The number of nitrogens with zero attached hydrogens (tertiary/aromatic N) is 2. The maximum absolute atomic E-state index is 13.1. The van der Waals surface area contributed by atoms with Crippen LogP contribution in [0.1, 0.15) is 16.1 Å². The Hall–Kier alpha value is -3.16. The number of hydrogen-bond donors (Lipinski definition) is 1. The Kier molecular flexibility index (Phi) is 4.77. The minimum atomic E-state index is -0.120. The number of aromatic nitrogens is 3. The second-order valence-corrected chi connectivity index (χ2v) is 8.73. The number of aromatic amines is 1. The molecule has 0 unspecified atom stereocenters. The van der Waals surface area contributed by atoms with Gasteiger partial charge in [0.15, 0.2) is 10.9 Å². The fourth-order valence-electron chi connectivity index (χ4n) is 3.63. The summed E-state index contributed by atoms with van der Waals surface area (Å²) in [5, 5.41) is 3.89. The molecule has 0 aliphatic heterocycles. The lowest BCUT2D eigenvalue weighted by Crippen LogP contribution is -2.21. The minimum absolute atomic E-state index is 0.00934. The van der Waals surface area contributed by atoms with Crippen molar-refractivity contribution in [1.82, 2.24) is 14.5 Å². The van der Waals surface area contributed by atoms with E-state index in [-0.39, 0.29) is 17.1 Å². The molecule has 3 aromatic heterocycles. The van der Waals surface area contributed by atoms with Gasteiger partial charge in [0.05, 0.1) is 16.8 Å². The number of ketones is 1. The predicted octanol–water partition coefficient (Wildman–Crippen LogP) is 5.21. The average Bonchev–Trinajstić information content (AvgIpc) is 3.36. The summed E-state index contributed by atoms with van der Waals surface area (Å²) in [6.45, 7) is 1.91. The molecule has 0 amide bonds. The zero-order valence-corrected chi connectivity index (χ0v) is 17.7. The quantitative estimate of drug-likeness (QED) is 0.236. The molecule has 0 bridgehead atoms. The number of fused-ring (bicyclic) bond motifs is 2. The summed E-state index contributed by atoms with van der Waals surface area (Å²) >= 11 is 2.72. The lowest BCUT2D eigenvalue weighted by Gasteiger charge is -2.11. The van der Waals surface area contributed by atoms with Gasteiger partial charge in [0.1, 0.15) is 4.83 Å². The number of aryl methyl sites for hydroxylation is 1. The lowest BCUT2D eigenvalue weighted by atomic mass is 10.1. The number of rotatable bonds is 5. The summed E-state index contributed by atoms with van der Waals surface area (Å²) < 4.78 is 1.59. The predicted molar refractivity (Wildman–Crippen MR) is 123 cm³/mol. The maximum Gasteiger partial charge on any atom is 0.267 e. The Bertz CT molecular complexity index is 1450. The molecule has 2 aromatic carbocycles. The van der Waals surface area contributed by atoms with Gasteiger partial charge in [-0.25, -0.2) is 4.98 Å². The van der Waals surface area contributed by atoms with E-state index in [1.54, 1.807) is 10.6 Å². The van der Waals surface area contributed by atoms with Crippen LogP contribution in [-0.2, 0) is 0 Å². The van der Waals surface area contributed by atoms with Crippen LogP contribution in [0, 0.1) is 6.92 Å².